The van der Waals surface area contributed by atoms with Gasteiger partial charge in [-0.2, -0.15) is 0 Å². The maximum atomic E-state index is 6.10. The van der Waals surface area contributed by atoms with Crippen molar-refractivity contribution in [2.75, 3.05) is 19.8 Å². The molecule has 18 heavy (non-hydrogen) atoms. The van der Waals surface area contributed by atoms with Crippen LogP contribution in [0.2, 0.25) is 0 Å². The van der Waals surface area contributed by atoms with E-state index in [9.17, 15) is 0 Å². The SMILES string of the molecule is CC[C@H](N)c1ccccc1OCC1CCOCC1. The molecule has 1 aromatic rings. The molecule has 2 N–H and O–H groups in total. The Morgan fingerprint density at radius 3 is 2.78 bits per heavy atom. The van der Waals surface area contributed by atoms with Gasteiger partial charge < -0.3 is 15.2 Å². The van der Waals surface area contributed by atoms with E-state index < -0.39 is 0 Å². The highest BCUT2D eigenvalue weighted by molar-refractivity contribution is 5.35. The molecular formula is C15H23NO2. The molecule has 1 heterocycles. The minimum absolute atomic E-state index is 0.0656. The fourth-order valence-corrected chi connectivity index (χ4v) is 2.26. The Balaban J connectivity index is 1.95. The van der Waals surface area contributed by atoms with Gasteiger partial charge in [-0.15, -0.1) is 0 Å². The van der Waals surface area contributed by atoms with Gasteiger partial charge in [0.1, 0.15) is 5.75 Å². The van der Waals surface area contributed by atoms with Crippen LogP contribution < -0.4 is 10.5 Å². The van der Waals surface area contributed by atoms with Crippen LogP contribution in [-0.2, 0) is 4.74 Å². The Morgan fingerprint density at radius 1 is 1.33 bits per heavy atom. The Hall–Kier alpha value is -1.06. The first-order valence-electron chi connectivity index (χ1n) is 6.86. The standard InChI is InChI=1S/C15H23NO2/c1-2-14(16)13-5-3-4-6-15(13)18-11-12-7-9-17-10-8-12/h3-6,12,14H,2,7-11,16H2,1H3/t14-/m0/s1. The molecule has 0 aromatic heterocycles. The minimum Gasteiger partial charge on any atom is -0.493 e. The van der Waals surface area contributed by atoms with E-state index in [1.165, 1.54) is 0 Å². The third kappa shape index (κ3) is 3.47. The van der Waals surface area contributed by atoms with E-state index in [2.05, 4.69) is 13.0 Å². The van der Waals surface area contributed by atoms with Crippen molar-refractivity contribution in [2.45, 2.75) is 32.2 Å². The van der Waals surface area contributed by atoms with Crippen LogP contribution in [0.1, 0.15) is 37.8 Å². The van der Waals surface area contributed by atoms with Gasteiger partial charge in [-0.1, -0.05) is 25.1 Å². The third-order valence-electron chi connectivity index (χ3n) is 3.57. The lowest BCUT2D eigenvalue weighted by molar-refractivity contribution is 0.0495. The first kappa shape index (κ1) is 13.4. The summed E-state index contributed by atoms with van der Waals surface area (Å²) < 4.78 is 11.3. The van der Waals surface area contributed by atoms with Crippen LogP contribution in [0.3, 0.4) is 0 Å². The summed E-state index contributed by atoms with van der Waals surface area (Å²) in [6.07, 6.45) is 3.13. The van der Waals surface area contributed by atoms with Crippen LogP contribution in [0, 0.1) is 5.92 Å². The molecule has 2 rings (SSSR count). The number of benzene rings is 1. The molecule has 1 aromatic carbocycles. The molecule has 0 unspecified atom stereocenters. The summed E-state index contributed by atoms with van der Waals surface area (Å²) in [6, 6.07) is 8.17. The van der Waals surface area contributed by atoms with Gasteiger partial charge in [-0.05, 0) is 31.2 Å². The average Bonchev–Trinajstić information content (AvgIpc) is 2.45. The van der Waals surface area contributed by atoms with Gasteiger partial charge in [0, 0.05) is 24.8 Å². The van der Waals surface area contributed by atoms with Crippen LogP contribution in [0.5, 0.6) is 5.75 Å². The lowest BCUT2D eigenvalue weighted by atomic mass is 10.0. The Labute approximate surface area is 109 Å². The van der Waals surface area contributed by atoms with Crippen molar-refractivity contribution in [3.63, 3.8) is 0 Å². The average molecular weight is 249 g/mol. The second kappa shape index (κ2) is 6.76. The molecule has 0 bridgehead atoms. The van der Waals surface area contributed by atoms with E-state index in [0.29, 0.717) is 5.92 Å². The predicted molar refractivity (Wildman–Crippen MR) is 72.7 cm³/mol. The molecule has 3 heteroatoms. The van der Waals surface area contributed by atoms with Crippen molar-refractivity contribution in [1.29, 1.82) is 0 Å². The zero-order chi connectivity index (χ0) is 12.8. The van der Waals surface area contributed by atoms with Crippen molar-refractivity contribution >= 4 is 0 Å². The van der Waals surface area contributed by atoms with E-state index in [0.717, 1.165) is 50.4 Å². The second-order valence-corrected chi connectivity index (χ2v) is 4.92. The zero-order valence-corrected chi connectivity index (χ0v) is 11.1. The van der Waals surface area contributed by atoms with Crippen LogP contribution in [0.4, 0.5) is 0 Å². The molecule has 0 aliphatic carbocycles. The van der Waals surface area contributed by atoms with Crippen molar-refractivity contribution in [1.82, 2.24) is 0 Å². The normalized spacial score (nSPS) is 18.6. The summed E-state index contributed by atoms with van der Waals surface area (Å²) in [4.78, 5) is 0. The molecule has 0 radical (unpaired) electrons. The third-order valence-corrected chi connectivity index (χ3v) is 3.57. The number of para-hydroxylation sites is 1. The van der Waals surface area contributed by atoms with Gasteiger partial charge in [0.2, 0.25) is 0 Å². The summed E-state index contributed by atoms with van der Waals surface area (Å²) in [5.74, 6) is 1.56. The van der Waals surface area contributed by atoms with E-state index >= 15 is 0 Å². The molecule has 1 atom stereocenters. The first-order chi connectivity index (χ1) is 8.81. The fraction of sp³-hybridized carbons (Fsp3) is 0.600. The van der Waals surface area contributed by atoms with Crippen LogP contribution in [0.25, 0.3) is 0 Å². The van der Waals surface area contributed by atoms with E-state index in [4.69, 9.17) is 15.2 Å². The summed E-state index contributed by atoms with van der Waals surface area (Å²) in [5, 5.41) is 0. The molecule has 3 nitrogen and oxygen atoms in total. The minimum atomic E-state index is 0.0656. The maximum Gasteiger partial charge on any atom is 0.124 e. The zero-order valence-electron chi connectivity index (χ0n) is 11.1. The van der Waals surface area contributed by atoms with E-state index in [-0.39, 0.29) is 6.04 Å². The molecule has 0 amide bonds. The number of ether oxygens (including phenoxy) is 2. The lowest BCUT2D eigenvalue weighted by Gasteiger charge is -2.23. The van der Waals surface area contributed by atoms with Crippen molar-refractivity contribution < 1.29 is 9.47 Å². The summed E-state index contributed by atoms with van der Waals surface area (Å²) in [7, 11) is 0. The second-order valence-electron chi connectivity index (χ2n) is 4.92. The van der Waals surface area contributed by atoms with Gasteiger partial charge in [0.25, 0.3) is 0 Å². The van der Waals surface area contributed by atoms with Gasteiger partial charge in [0.15, 0.2) is 0 Å². The maximum absolute atomic E-state index is 6.10. The van der Waals surface area contributed by atoms with Crippen molar-refractivity contribution in [3.05, 3.63) is 29.8 Å². The van der Waals surface area contributed by atoms with Gasteiger partial charge in [-0.3, -0.25) is 0 Å². The molecule has 0 spiro atoms. The topological polar surface area (TPSA) is 44.5 Å². The number of hydrogen-bond donors (Lipinski definition) is 1. The van der Waals surface area contributed by atoms with E-state index in [1.54, 1.807) is 0 Å². The monoisotopic (exact) mass is 249 g/mol. The Bertz CT molecular complexity index is 361. The van der Waals surface area contributed by atoms with Gasteiger partial charge in [-0.25, -0.2) is 0 Å². The Morgan fingerprint density at radius 2 is 2.06 bits per heavy atom. The molecule has 1 saturated heterocycles. The van der Waals surface area contributed by atoms with Gasteiger partial charge >= 0.3 is 0 Å². The highest BCUT2D eigenvalue weighted by atomic mass is 16.5. The number of rotatable bonds is 5. The van der Waals surface area contributed by atoms with Crippen LogP contribution in [0.15, 0.2) is 24.3 Å². The van der Waals surface area contributed by atoms with Crippen molar-refractivity contribution in [3.8, 4) is 5.75 Å². The summed E-state index contributed by atoms with van der Waals surface area (Å²) in [5.41, 5.74) is 7.22. The molecule has 1 aliphatic rings. The number of hydrogen-bond acceptors (Lipinski definition) is 3. The van der Waals surface area contributed by atoms with Crippen LogP contribution in [-0.4, -0.2) is 19.8 Å². The Kier molecular flexibility index (Phi) is 5.02. The molecule has 100 valence electrons. The quantitative estimate of drug-likeness (QED) is 0.872. The summed E-state index contributed by atoms with van der Waals surface area (Å²) in [6.45, 7) is 4.60. The fourth-order valence-electron chi connectivity index (χ4n) is 2.26. The summed E-state index contributed by atoms with van der Waals surface area (Å²) >= 11 is 0. The van der Waals surface area contributed by atoms with Crippen LogP contribution >= 0.6 is 0 Å². The smallest absolute Gasteiger partial charge is 0.124 e. The molecule has 1 fully saturated rings. The largest absolute Gasteiger partial charge is 0.493 e. The molecule has 0 saturated carbocycles. The highest BCUT2D eigenvalue weighted by Crippen LogP contribution is 2.26. The number of nitrogens with two attached hydrogens (primary N) is 1. The molecular weight excluding hydrogens is 226 g/mol. The van der Waals surface area contributed by atoms with E-state index in [1.807, 2.05) is 18.2 Å². The van der Waals surface area contributed by atoms with Gasteiger partial charge in [0.05, 0.1) is 6.61 Å². The highest BCUT2D eigenvalue weighted by Gasteiger charge is 2.16. The predicted octanol–water partition coefficient (Wildman–Crippen LogP) is 2.90. The lowest BCUT2D eigenvalue weighted by Crippen LogP contribution is -2.22. The van der Waals surface area contributed by atoms with Crippen molar-refractivity contribution in [2.24, 2.45) is 11.7 Å². The molecule has 1 aliphatic heterocycles. The first-order valence-corrected chi connectivity index (χ1v) is 6.86.